The first-order valence-electron chi connectivity index (χ1n) is 4.66. The fraction of sp³-hybridized carbons (Fsp3) is 0.750. The maximum Gasteiger partial charge on any atom is 0.0555 e. The second-order valence-corrected chi connectivity index (χ2v) is 4.92. The number of nitrogens with zero attached hydrogens (tertiary/aromatic N) is 1. The molecule has 0 saturated carbocycles. The fourth-order valence-electron chi connectivity index (χ4n) is 1.38. The van der Waals surface area contributed by atoms with Gasteiger partial charge < -0.3 is 16.2 Å². The Balaban J connectivity index is 0.00000196. The van der Waals surface area contributed by atoms with Gasteiger partial charge in [-0.25, -0.2) is 0 Å². The third kappa shape index (κ3) is 5.12. The highest BCUT2D eigenvalue weighted by atomic mass is 32.2. The van der Waals surface area contributed by atoms with Gasteiger partial charge >= 0.3 is 0 Å². The van der Waals surface area contributed by atoms with Gasteiger partial charge in [0, 0.05) is 55.2 Å². The molecule has 0 aromatic heterocycles. The highest BCUT2D eigenvalue weighted by Gasteiger charge is 2.15. The molecule has 90 valence electrons. The van der Waals surface area contributed by atoms with Crippen molar-refractivity contribution in [3.05, 3.63) is 11.9 Å². The summed E-state index contributed by atoms with van der Waals surface area (Å²) in [6.07, 6.45) is 1.84. The molecule has 0 bridgehead atoms. The van der Waals surface area contributed by atoms with Gasteiger partial charge in [0.2, 0.25) is 0 Å². The van der Waals surface area contributed by atoms with Gasteiger partial charge in [0.1, 0.15) is 0 Å². The van der Waals surface area contributed by atoms with E-state index in [0.29, 0.717) is 0 Å². The minimum Gasteiger partial charge on any atom is -0.412 e. The number of rotatable bonds is 4. The lowest BCUT2D eigenvalue weighted by atomic mass is 10.4. The van der Waals surface area contributed by atoms with Crippen molar-refractivity contribution < 1.29 is 9.69 Å². The summed E-state index contributed by atoms with van der Waals surface area (Å²) in [7, 11) is 1.23. The van der Waals surface area contributed by atoms with Crippen molar-refractivity contribution in [1.29, 1.82) is 0 Å². The Kier molecular flexibility index (Phi) is 7.31. The first kappa shape index (κ1) is 14.4. The van der Waals surface area contributed by atoms with Crippen LogP contribution in [-0.4, -0.2) is 52.8 Å². The largest absolute Gasteiger partial charge is 0.412 e. The van der Waals surface area contributed by atoms with Gasteiger partial charge in [0.25, 0.3) is 0 Å². The lowest BCUT2D eigenvalue weighted by Crippen LogP contribution is -2.41. The molecule has 1 aliphatic rings. The summed E-state index contributed by atoms with van der Waals surface area (Å²) in [4.78, 5) is 2.24. The topological polar surface area (TPSA) is 102 Å². The highest BCUT2D eigenvalue weighted by molar-refractivity contribution is 7.85. The molecule has 15 heavy (non-hydrogen) atoms. The van der Waals surface area contributed by atoms with Crippen LogP contribution >= 0.6 is 0 Å². The molecule has 1 rings (SSSR count). The molecule has 1 saturated heterocycles. The molecule has 0 aliphatic carbocycles. The van der Waals surface area contributed by atoms with Crippen molar-refractivity contribution in [3.63, 3.8) is 0 Å². The number of hydrazine groups is 1. The Morgan fingerprint density at radius 2 is 2.13 bits per heavy atom. The van der Waals surface area contributed by atoms with E-state index in [0.717, 1.165) is 36.8 Å². The Labute approximate surface area is 92.6 Å². The minimum atomic E-state index is -0.610. The number of hydrogen-bond acceptors (Lipinski definition) is 5. The summed E-state index contributed by atoms with van der Waals surface area (Å²) in [6, 6.07) is 0. The van der Waals surface area contributed by atoms with Crippen molar-refractivity contribution in [3.8, 4) is 0 Å². The summed E-state index contributed by atoms with van der Waals surface area (Å²) in [6.45, 7) is 2.55. The first-order chi connectivity index (χ1) is 6.76. The van der Waals surface area contributed by atoms with Crippen molar-refractivity contribution in [1.82, 2.24) is 15.6 Å². The van der Waals surface area contributed by atoms with Crippen molar-refractivity contribution >= 4 is 10.8 Å². The highest BCUT2D eigenvalue weighted by Crippen LogP contribution is 2.01. The molecule has 0 aromatic carbocycles. The van der Waals surface area contributed by atoms with Crippen LogP contribution in [0.15, 0.2) is 11.9 Å². The average Bonchev–Trinajstić information content (AvgIpc) is 2.20. The molecule has 6 nitrogen and oxygen atoms in total. The monoisotopic (exact) mass is 236 g/mol. The molecule has 1 heterocycles. The lowest BCUT2D eigenvalue weighted by Gasteiger charge is -2.26. The molecule has 0 atom stereocenters. The van der Waals surface area contributed by atoms with Crippen LogP contribution in [0, 0.1) is 0 Å². The summed E-state index contributed by atoms with van der Waals surface area (Å²) in [5.74, 6) is 6.91. The molecule has 1 fully saturated rings. The zero-order valence-corrected chi connectivity index (χ0v) is 9.77. The van der Waals surface area contributed by atoms with Crippen LogP contribution in [0.3, 0.4) is 0 Å². The van der Waals surface area contributed by atoms with E-state index < -0.39 is 10.8 Å². The average molecular weight is 236 g/mol. The quantitative estimate of drug-likeness (QED) is 0.378. The van der Waals surface area contributed by atoms with Crippen LogP contribution in [0.5, 0.6) is 0 Å². The zero-order valence-electron chi connectivity index (χ0n) is 8.95. The third-order valence-electron chi connectivity index (χ3n) is 2.17. The van der Waals surface area contributed by atoms with Gasteiger partial charge in [-0.05, 0) is 0 Å². The summed E-state index contributed by atoms with van der Waals surface area (Å²) in [5.41, 5.74) is 3.59. The molecular weight excluding hydrogens is 216 g/mol. The first-order valence-corrected chi connectivity index (χ1v) is 6.15. The van der Waals surface area contributed by atoms with Gasteiger partial charge in [-0.15, -0.1) is 0 Å². The molecular formula is C8H20N4O2S. The molecule has 0 amide bonds. The Morgan fingerprint density at radius 3 is 2.60 bits per heavy atom. The molecule has 0 spiro atoms. The van der Waals surface area contributed by atoms with Gasteiger partial charge in [0.05, 0.1) is 5.70 Å². The van der Waals surface area contributed by atoms with Crippen LogP contribution in [0.4, 0.5) is 0 Å². The number of nitrogens with one attached hydrogen (secondary N) is 2. The second-order valence-electron chi connectivity index (χ2n) is 3.23. The SMILES string of the molecule is CN/C=C(/CN1CCS(=O)CC1)NN.O. The van der Waals surface area contributed by atoms with E-state index in [1.54, 1.807) is 0 Å². The van der Waals surface area contributed by atoms with E-state index in [2.05, 4.69) is 15.6 Å². The van der Waals surface area contributed by atoms with Crippen LogP contribution in [0.2, 0.25) is 0 Å². The van der Waals surface area contributed by atoms with Crippen LogP contribution < -0.4 is 16.6 Å². The summed E-state index contributed by atoms with van der Waals surface area (Å²) >= 11 is 0. The van der Waals surface area contributed by atoms with E-state index in [1.165, 1.54) is 0 Å². The van der Waals surface area contributed by atoms with E-state index in [-0.39, 0.29) is 5.48 Å². The van der Waals surface area contributed by atoms with E-state index >= 15 is 0 Å². The van der Waals surface area contributed by atoms with E-state index in [1.807, 2.05) is 13.2 Å². The third-order valence-corrected chi connectivity index (χ3v) is 3.44. The second kappa shape index (κ2) is 7.63. The van der Waals surface area contributed by atoms with Crippen molar-refractivity contribution in [2.24, 2.45) is 5.84 Å². The van der Waals surface area contributed by atoms with Gasteiger partial charge in [-0.3, -0.25) is 15.0 Å². The predicted octanol–water partition coefficient (Wildman–Crippen LogP) is -2.25. The Bertz CT molecular complexity index is 225. The normalized spacial score (nSPS) is 19.5. The minimum absolute atomic E-state index is 0. The summed E-state index contributed by atoms with van der Waals surface area (Å²) < 4.78 is 11.1. The maximum absolute atomic E-state index is 11.1. The van der Waals surface area contributed by atoms with Gasteiger partial charge in [-0.2, -0.15) is 0 Å². The van der Waals surface area contributed by atoms with E-state index in [9.17, 15) is 4.21 Å². The number of hydrogen-bond donors (Lipinski definition) is 3. The van der Waals surface area contributed by atoms with E-state index in [4.69, 9.17) is 5.84 Å². The molecule has 7 heteroatoms. The Morgan fingerprint density at radius 1 is 1.53 bits per heavy atom. The number of nitrogens with two attached hydrogens (primary N) is 1. The molecule has 1 aliphatic heterocycles. The maximum atomic E-state index is 11.1. The fourth-order valence-corrected chi connectivity index (χ4v) is 2.51. The van der Waals surface area contributed by atoms with Crippen LogP contribution in [0.1, 0.15) is 0 Å². The lowest BCUT2D eigenvalue weighted by molar-refractivity contribution is 0.318. The van der Waals surface area contributed by atoms with Crippen molar-refractivity contribution in [2.45, 2.75) is 0 Å². The Hall–Kier alpha value is -0.630. The molecule has 0 radical (unpaired) electrons. The molecule has 0 aromatic rings. The molecule has 0 unspecified atom stereocenters. The van der Waals surface area contributed by atoms with Crippen LogP contribution in [-0.2, 0) is 10.8 Å². The smallest absolute Gasteiger partial charge is 0.0555 e. The summed E-state index contributed by atoms with van der Waals surface area (Å²) in [5, 5.41) is 2.93. The van der Waals surface area contributed by atoms with Gasteiger partial charge in [0.15, 0.2) is 0 Å². The predicted molar refractivity (Wildman–Crippen MR) is 62.4 cm³/mol. The van der Waals surface area contributed by atoms with Crippen molar-refractivity contribution in [2.75, 3.05) is 38.2 Å². The standard InChI is InChI=1S/C8H18N4OS.H2O/c1-10-6-8(11-9)7-12-2-4-14(13)5-3-12;/h6,10-11H,2-5,7,9H2,1H3;1H2/b8-6-;. The molecule has 6 N–H and O–H groups in total. The zero-order chi connectivity index (χ0) is 10.4. The van der Waals surface area contributed by atoms with Crippen LogP contribution in [0.25, 0.3) is 0 Å². The van der Waals surface area contributed by atoms with Gasteiger partial charge in [-0.1, -0.05) is 0 Å².